The van der Waals surface area contributed by atoms with Crippen molar-refractivity contribution < 1.29 is 23.8 Å². The quantitative estimate of drug-likeness (QED) is 0.672. The number of halogens is 1. The fraction of sp³-hybridized carbons (Fsp3) is 0.474. The molecular weight excluding hydrogens is 371 g/mol. The Kier molecular flexibility index (Phi) is 7.01. The van der Waals surface area contributed by atoms with Crippen LogP contribution >= 0.6 is 11.8 Å². The number of hydrogen-bond donors (Lipinski definition) is 1. The minimum atomic E-state index is -0.400. The number of ether oxygens (including phenoxy) is 1. The minimum absolute atomic E-state index is 0.0939. The van der Waals surface area contributed by atoms with Crippen molar-refractivity contribution in [3.05, 3.63) is 40.6 Å². The fourth-order valence-electron chi connectivity index (χ4n) is 3.19. The van der Waals surface area contributed by atoms with Crippen molar-refractivity contribution in [2.75, 3.05) is 51.8 Å². The van der Waals surface area contributed by atoms with E-state index >= 15 is 0 Å². The maximum absolute atomic E-state index is 13.2. The van der Waals surface area contributed by atoms with Gasteiger partial charge >= 0.3 is 0 Å². The van der Waals surface area contributed by atoms with Crippen LogP contribution in [0.1, 0.15) is 12.0 Å². The molecule has 0 unspecified atom stereocenters. The van der Waals surface area contributed by atoms with E-state index in [1.165, 1.54) is 40.9 Å². The molecule has 1 fully saturated rings. The third kappa shape index (κ3) is 4.76. The number of amides is 2. The molecule has 0 aromatic heterocycles. The molecule has 2 aliphatic heterocycles. The molecule has 2 aliphatic rings. The topological polar surface area (TPSA) is 70.1 Å². The lowest BCUT2D eigenvalue weighted by atomic mass is 10.1. The van der Waals surface area contributed by atoms with E-state index in [0.717, 1.165) is 19.6 Å². The Balaban J connectivity index is 1.71. The van der Waals surface area contributed by atoms with Crippen molar-refractivity contribution in [1.82, 2.24) is 9.80 Å². The molecular formula is C19H23FN2O4S. The second kappa shape index (κ2) is 9.45. The number of carbonyl (C=O) groups is 2. The predicted molar refractivity (Wildman–Crippen MR) is 101 cm³/mol. The summed E-state index contributed by atoms with van der Waals surface area (Å²) in [5.74, 6) is -0.766. The molecule has 6 nitrogen and oxygen atoms in total. The SMILES string of the molecule is O=C1C(SCCO)=C(c2ccc(F)cc2)C(=O)N1CCCN1CCOCC1. The van der Waals surface area contributed by atoms with Gasteiger partial charge in [-0.2, -0.15) is 0 Å². The first kappa shape index (κ1) is 20.0. The normalized spacial score (nSPS) is 18.7. The van der Waals surface area contributed by atoms with Crippen molar-refractivity contribution in [2.45, 2.75) is 6.42 Å². The highest BCUT2D eigenvalue weighted by Gasteiger charge is 2.38. The first-order valence-corrected chi connectivity index (χ1v) is 10.0. The molecule has 2 heterocycles. The van der Waals surface area contributed by atoms with E-state index in [2.05, 4.69) is 4.90 Å². The number of nitrogens with zero attached hydrogens (tertiary/aromatic N) is 2. The van der Waals surface area contributed by atoms with Crippen LogP contribution in [-0.4, -0.2) is 78.5 Å². The average Bonchev–Trinajstić information content (AvgIpc) is 2.92. The summed E-state index contributed by atoms with van der Waals surface area (Å²) in [6, 6.07) is 5.56. The molecule has 146 valence electrons. The summed E-state index contributed by atoms with van der Waals surface area (Å²) in [7, 11) is 0. The van der Waals surface area contributed by atoms with Gasteiger partial charge in [-0.15, -0.1) is 11.8 Å². The monoisotopic (exact) mass is 394 g/mol. The Hall–Kier alpha value is -1.74. The molecule has 1 aromatic carbocycles. The molecule has 27 heavy (non-hydrogen) atoms. The molecule has 1 aromatic rings. The number of thioether (sulfide) groups is 1. The van der Waals surface area contributed by atoms with Gasteiger partial charge in [-0.1, -0.05) is 12.1 Å². The molecule has 0 atom stereocenters. The first-order chi connectivity index (χ1) is 13.1. The van der Waals surface area contributed by atoms with Crippen LogP contribution in [0.25, 0.3) is 5.57 Å². The zero-order chi connectivity index (χ0) is 19.2. The Morgan fingerprint density at radius 1 is 1.07 bits per heavy atom. The van der Waals surface area contributed by atoms with E-state index in [-0.39, 0.29) is 18.4 Å². The van der Waals surface area contributed by atoms with Crippen molar-refractivity contribution in [1.29, 1.82) is 0 Å². The van der Waals surface area contributed by atoms with Crippen LogP contribution in [0.5, 0.6) is 0 Å². The predicted octanol–water partition coefficient (Wildman–Crippen LogP) is 1.35. The molecule has 0 radical (unpaired) electrons. The number of imide groups is 1. The van der Waals surface area contributed by atoms with Crippen LogP contribution in [0.4, 0.5) is 4.39 Å². The van der Waals surface area contributed by atoms with Gasteiger partial charge in [0.15, 0.2) is 0 Å². The molecule has 2 amide bonds. The van der Waals surface area contributed by atoms with Crippen molar-refractivity contribution in [3.8, 4) is 0 Å². The second-order valence-electron chi connectivity index (χ2n) is 6.35. The smallest absolute Gasteiger partial charge is 0.267 e. The molecule has 0 saturated carbocycles. The van der Waals surface area contributed by atoms with Gasteiger partial charge in [0.1, 0.15) is 5.82 Å². The van der Waals surface area contributed by atoms with E-state index in [0.29, 0.717) is 48.0 Å². The molecule has 0 bridgehead atoms. The van der Waals surface area contributed by atoms with E-state index in [1.54, 1.807) is 0 Å². The zero-order valence-corrected chi connectivity index (χ0v) is 15.8. The molecule has 1 saturated heterocycles. The summed E-state index contributed by atoms with van der Waals surface area (Å²) >= 11 is 1.17. The molecule has 8 heteroatoms. The van der Waals surface area contributed by atoms with Crippen LogP contribution in [0.2, 0.25) is 0 Å². The molecule has 1 N–H and O–H groups in total. The van der Waals surface area contributed by atoms with Crippen LogP contribution in [0.3, 0.4) is 0 Å². The molecule has 3 rings (SSSR count). The maximum Gasteiger partial charge on any atom is 0.267 e. The lowest BCUT2D eigenvalue weighted by Gasteiger charge is -2.27. The zero-order valence-electron chi connectivity index (χ0n) is 15.0. The van der Waals surface area contributed by atoms with Crippen LogP contribution < -0.4 is 0 Å². The van der Waals surface area contributed by atoms with Gasteiger partial charge in [0.2, 0.25) is 0 Å². The van der Waals surface area contributed by atoms with Crippen LogP contribution in [0.15, 0.2) is 29.2 Å². The lowest BCUT2D eigenvalue weighted by Crippen LogP contribution is -2.39. The number of aliphatic hydroxyl groups excluding tert-OH is 1. The highest BCUT2D eigenvalue weighted by Crippen LogP contribution is 2.36. The van der Waals surface area contributed by atoms with Crippen LogP contribution in [-0.2, 0) is 14.3 Å². The highest BCUT2D eigenvalue weighted by atomic mass is 32.2. The lowest BCUT2D eigenvalue weighted by molar-refractivity contribution is -0.136. The molecule has 0 spiro atoms. The van der Waals surface area contributed by atoms with E-state index in [1.807, 2.05) is 0 Å². The van der Waals surface area contributed by atoms with Gasteiger partial charge in [-0.25, -0.2) is 4.39 Å². The number of morpholine rings is 1. The van der Waals surface area contributed by atoms with Crippen molar-refractivity contribution >= 4 is 29.1 Å². The molecule has 0 aliphatic carbocycles. The Morgan fingerprint density at radius 2 is 1.78 bits per heavy atom. The third-order valence-electron chi connectivity index (χ3n) is 4.56. The van der Waals surface area contributed by atoms with Crippen molar-refractivity contribution in [3.63, 3.8) is 0 Å². The number of benzene rings is 1. The van der Waals surface area contributed by atoms with Gasteiger partial charge in [0.25, 0.3) is 11.8 Å². The van der Waals surface area contributed by atoms with Gasteiger partial charge in [-0.3, -0.25) is 19.4 Å². The fourth-order valence-corrected chi connectivity index (χ4v) is 4.07. The van der Waals surface area contributed by atoms with E-state index in [4.69, 9.17) is 9.84 Å². The van der Waals surface area contributed by atoms with E-state index < -0.39 is 5.82 Å². The van der Waals surface area contributed by atoms with Crippen LogP contribution in [0, 0.1) is 5.82 Å². The summed E-state index contributed by atoms with van der Waals surface area (Å²) in [5.41, 5.74) is 0.815. The average molecular weight is 394 g/mol. The van der Waals surface area contributed by atoms with Gasteiger partial charge < -0.3 is 9.84 Å². The Labute approximate surface area is 162 Å². The first-order valence-electron chi connectivity index (χ1n) is 9.02. The Morgan fingerprint density at radius 3 is 2.44 bits per heavy atom. The largest absolute Gasteiger partial charge is 0.396 e. The summed E-state index contributed by atoms with van der Waals surface area (Å²) in [5, 5.41) is 9.10. The highest BCUT2D eigenvalue weighted by molar-refractivity contribution is 8.04. The number of aliphatic hydroxyl groups is 1. The van der Waals surface area contributed by atoms with Gasteiger partial charge in [-0.05, 0) is 24.1 Å². The summed E-state index contributed by atoms with van der Waals surface area (Å²) in [6.45, 7) is 4.18. The number of carbonyl (C=O) groups excluding carboxylic acids is 2. The minimum Gasteiger partial charge on any atom is -0.396 e. The second-order valence-corrected chi connectivity index (χ2v) is 7.46. The van der Waals surface area contributed by atoms with Crippen molar-refractivity contribution in [2.24, 2.45) is 0 Å². The van der Waals surface area contributed by atoms with Gasteiger partial charge in [0.05, 0.1) is 30.3 Å². The summed E-state index contributed by atoms with van der Waals surface area (Å²) in [6.07, 6.45) is 0.687. The standard InChI is InChI=1S/C19H23FN2O4S/c20-15-4-2-14(3-5-15)16-17(27-13-10-23)19(25)22(18(16)24)7-1-6-21-8-11-26-12-9-21/h2-5,23H,1,6-13H2. The summed E-state index contributed by atoms with van der Waals surface area (Å²) < 4.78 is 18.6. The van der Waals surface area contributed by atoms with Gasteiger partial charge in [0, 0.05) is 31.9 Å². The summed E-state index contributed by atoms with van der Waals surface area (Å²) in [4.78, 5) is 29.5. The Bertz CT molecular complexity index is 717. The number of hydrogen-bond acceptors (Lipinski definition) is 6. The third-order valence-corrected chi connectivity index (χ3v) is 5.61. The maximum atomic E-state index is 13.2. The number of rotatable bonds is 8. The van der Waals surface area contributed by atoms with E-state index in [9.17, 15) is 14.0 Å².